The summed E-state index contributed by atoms with van der Waals surface area (Å²) in [6.07, 6.45) is 2.87. The van der Waals surface area contributed by atoms with Gasteiger partial charge in [0.2, 0.25) is 5.88 Å². The number of piperazine rings is 1. The maximum absolute atomic E-state index is 5.44. The van der Waals surface area contributed by atoms with Crippen molar-refractivity contribution < 1.29 is 4.74 Å². The molecule has 2 fully saturated rings. The Morgan fingerprint density at radius 1 is 1.30 bits per heavy atom. The van der Waals surface area contributed by atoms with Crippen LogP contribution in [0.2, 0.25) is 0 Å². The van der Waals surface area contributed by atoms with Crippen LogP contribution in [0, 0.1) is 0 Å². The van der Waals surface area contributed by atoms with Crippen LogP contribution in [0.3, 0.4) is 0 Å². The first-order chi connectivity index (χ1) is 9.86. The Morgan fingerprint density at radius 2 is 2.15 bits per heavy atom. The van der Waals surface area contributed by atoms with Gasteiger partial charge in [-0.3, -0.25) is 4.90 Å². The van der Waals surface area contributed by atoms with E-state index in [0.717, 1.165) is 51.1 Å². The van der Waals surface area contributed by atoms with Crippen molar-refractivity contribution in [2.24, 2.45) is 0 Å². The summed E-state index contributed by atoms with van der Waals surface area (Å²) >= 11 is 0. The summed E-state index contributed by atoms with van der Waals surface area (Å²) in [5, 5.41) is 3.44. The molecular formula is C14H23N5O. The molecule has 1 N–H and O–H groups in total. The Labute approximate surface area is 120 Å². The van der Waals surface area contributed by atoms with Gasteiger partial charge in [-0.15, -0.1) is 0 Å². The molecule has 6 heteroatoms. The first-order valence-corrected chi connectivity index (χ1v) is 7.51. The highest BCUT2D eigenvalue weighted by Crippen LogP contribution is 2.19. The van der Waals surface area contributed by atoms with Crippen molar-refractivity contribution >= 4 is 5.82 Å². The van der Waals surface area contributed by atoms with E-state index in [-0.39, 0.29) is 0 Å². The summed E-state index contributed by atoms with van der Waals surface area (Å²) < 4.78 is 5.44. The molecule has 1 aromatic rings. The Hall–Kier alpha value is -1.40. The Kier molecular flexibility index (Phi) is 4.32. The highest BCUT2D eigenvalue weighted by Gasteiger charge is 2.26. The minimum Gasteiger partial charge on any atom is -0.478 e. The van der Waals surface area contributed by atoms with Gasteiger partial charge in [0.15, 0.2) is 0 Å². The van der Waals surface area contributed by atoms with Crippen molar-refractivity contribution in [1.29, 1.82) is 0 Å². The quantitative estimate of drug-likeness (QED) is 0.857. The molecule has 20 heavy (non-hydrogen) atoms. The summed E-state index contributed by atoms with van der Waals surface area (Å²) in [6.45, 7) is 9.18. The summed E-state index contributed by atoms with van der Waals surface area (Å²) in [5.41, 5.74) is 0. The van der Waals surface area contributed by atoms with Crippen LogP contribution in [-0.4, -0.2) is 66.8 Å². The fourth-order valence-corrected chi connectivity index (χ4v) is 3.00. The number of aromatic nitrogens is 2. The van der Waals surface area contributed by atoms with Gasteiger partial charge < -0.3 is 15.0 Å². The van der Waals surface area contributed by atoms with Gasteiger partial charge in [0.05, 0.1) is 6.61 Å². The molecule has 1 aromatic heterocycles. The standard InChI is InChI=1S/C14H23N5O/c1-2-20-14-9-13(16-11-17-14)19-7-5-18(6-8-19)12-3-4-15-10-12/h9,11-12,15H,2-8,10H2,1H3. The predicted octanol–water partition coefficient (Wildman–Crippen LogP) is 0.359. The summed E-state index contributed by atoms with van der Waals surface area (Å²) in [7, 11) is 0. The summed E-state index contributed by atoms with van der Waals surface area (Å²) in [4.78, 5) is 13.4. The zero-order chi connectivity index (χ0) is 13.8. The van der Waals surface area contributed by atoms with Crippen molar-refractivity contribution in [3.05, 3.63) is 12.4 Å². The maximum Gasteiger partial charge on any atom is 0.218 e. The van der Waals surface area contributed by atoms with Gasteiger partial charge in [-0.05, 0) is 19.9 Å². The third-order valence-electron chi connectivity index (χ3n) is 4.11. The molecule has 0 bridgehead atoms. The molecule has 2 aliphatic heterocycles. The molecule has 2 saturated heterocycles. The number of nitrogens with one attached hydrogen (secondary N) is 1. The van der Waals surface area contributed by atoms with E-state index in [1.54, 1.807) is 6.33 Å². The lowest BCUT2D eigenvalue weighted by atomic mass is 10.2. The first kappa shape index (κ1) is 13.6. The lowest BCUT2D eigenvalue weighted by Crippen LogP contribution is -2.51. The molecule has 6 nitrogen and oxygen atoms in total. The second-order valence-corrected chi connectivity index (χ2v) is 5.32. The average Bonchev–Trinajstić information content (AvgIpc) is 3.02. The molecule has 1 atom stereocenters. The molecule has 0 spiro atoms. The van der Waals surface area contributed by atoms with Gasteiger partial charge in [0.25, 0.3) is 0 Å². The van der Waals surface area contributed by atoms with E-state index < -0.39 is 0 Å². The van der Waals surface area contributed by atoms with E-state index in [1.807, 2.05) is 13.0 Å². The van der Waals surface area contributed by atoms with E-state index in [1.165, 1.54) is 6.42 Å². The molecule has 1 unspecified atom stereocenters. The van der Waals surface area contributed by atoms with Crippen molar-refractivity contribution in [1.82, 2.24) is 20.2 Å². The normalized spacial score (nSPS) is 24.1. The fourth-order valence-electron chi connectivity index (χ4n) is 3.00. The maximum atomic E-state index is 5.44. The van der Waals surface area contributed by atoms with Gasteiger partial charge in [0.1, 0.15) is 12.1 Å². The molecule has 0 saturated carbocycles. The zero-order valence-corrected chi connectivity index (χ0v) is 12.1. The molecule has 0 aliphatic carbocycles. The van der Waals surface area contributed by atoms with Crippen LogP contribution in [0.25, 0.3) is 0 Å². The number of hydrogen-bond acceptors (Lipinski definition) is 6. The molecule has 0 amide bonds. The monoisotopic (exact) mass is 277 g/mol. The van der Waals surface area contributed by atoms with Gasteiger partial charge in [-0.2, -0.15) is 0 Å². The first-order valence-electron chi connectivity index (χ1n) is 7.51. The fraction of sp³-hybridized carbons (Fsp3) is 0.714. The molecular weight excluding hydrogens is 254 g/mol. The lowest BCUT2D eigenvalue weighted by molar-refractivity contribution is 0.196. The Bertz CT molecular complexity index is 427. The number of nitrogens with zero attached hydrogens (tertiary/aromatic N) is 4. The van der Waals surface area contributed by atoms with Crippen LogP contribution in [0.1, 0.15) is 13.3 Å². The Morgan fingerprint density at radius 3 is 2.85 bits per heavy atom. The third kappa shape index (κ3) is 3.02. The number of ether oxygens (including phenoxy) is 1. The van der Waals surface area contributed by atoms with E-state index in [2.05, 4.69) is 25.1 Å². The minimum absolute atomic E-state index is 0.638. The number of anilines is 1. The smallest absolute Gasteiger partial charge is 0.218 e. The SMILES string of the molecule is CCOc1cc(N2CCN(C3CCNC3)CC2)ncn1. The number of hydrogen-bond donors (Lipinski definition) is 1. The molecule has 110 valence electrons. The highest BCUT2D eigenvalue weighted by molar-refractivity contribution is 5.41. The molecule has 3 rings (SSSR count). The molecule has 0 radical (unpaired) electrons. The Balaban J connectivity index is 1.58. The van der Waals surface area contributed by atoms with Crippen LogP contribution in [0.5, 0.6) is 5.88 Å². The van der Waals surface area contributed by atoms with Crippen LogP contribution in [0.4, 0.5) is 5.82 Å². The number of rotatable bonds is 4. The lowest BCUT2D eigenvalue weighted by Gasteiger charge is -2.38. The minimum atomic E-state index is 0.638. The van der Waals surface area contributed by atoms with E-state index >= 15 is 0 Å². The molecule has 3 heterocycles. The largest absolute Gasteiger partial charge is 0.478 e. The predicted molar refractivity (Wildman–Crippen MR) is 78.3 cm³/mol. The van der Waals surface area contributed by atoms with Crippen molar-refractivity contribution in [2.45, 2.75) is 19.4 Å². The van der Waals surface area contributed by atoms with Gasteiger partial charge in [0, 0.05) is 44.8 Å². The van der Waals surface area contributed by atoms with Crippen molar-refractivity contribution in [3.63, 3.8) is 0 Å². The zero-order valence-electron chi connectivity index (χ0n) is 12.1. The van der Waals surface area contributed by atoms with Crippen LogP contribution >= 0.6 is 0 Å². The van der Waals surface area contributed by atoms with Gasteiger partial charge in [-0.25, -0.2) is 9.97 Å². The summed E-state index contributed by atoms with van der Waals surface area (Å²) in [6, 6.07) is 2.66. The molecule has 0 aromatic carbocycles. The van der Waals surface area contributed by atoms with Crippen molar-refractivity contribution in [3.8, 4) is 5.88 Å². The second kappa shape index (κ2) is 6.37. The topological polar surface area (TPSA) is 53.5 Å². The summed E-state index contributed by atoms with van der Waals surface area (Å²) in [5.74, 6) is 1.65. The van der Waals surface area contributed by atoms with Crippen LogP contribution in [0.15, 0.2) is 12.4 Å². The van der Waals surface area contributed by atoms with Crippen LogP contribution < -0.4 is 15.0 Å². The van der Waals surface area contributed by atoms with E-state index in [4.69, 9.17) is 4.74 Å². The van der Waals surface area contributed by atoms with E-state index in [0.29, 0.717) is 12.5 Å². The van der Waals surface area contributed by atoms with E-state index in [9.17, 15) is 0 Å². The third-order valence-corrected chi connectivity index (χ3v) is 4.11. The van der Waals surface area contributed by atoms with Crippen LogP contribution in [-0.2, 0) is 0 Å². The second-order valence-electron chi connectivity index (χ2n) is 5.32. The highest BCUT2D eigenvalue weighted by atomic mass is 16.5. The van der Waals surface area contributed by atoms with Crippen molar-refractivity contribution in [2.75, 3.05) is 50.8 Å². The van der Waals surface area contributed by atoms with Gasteiger partial charge >= 0.3 is 0 Å². The van der Waals surface area contributed by atoms with Gasteiger partial charge in [-0.1, -0.05) is 0 Å². The molecule has 2 aliphatic rings. The average molecular weight is 277 g/mol.